The first-order valence-corrected chi connectivity index (χ1v) is 4.90. The smallest absolute Gasteiger partial charge is 0.173 e. The van der Waals surface area contributed by atoms with Gasteiger partial charge in [-0.3, -0.25) is 0 Å². The van der Waals surface area contributed by atoms with E-state index in [2.05, 4.69) is 20.8 Å². The van der Waals surface area contributed by atoms with Gasteiger partial charge >= 0.3 is 0 Å². The van der Waals surface area contributed by atoms with E-state index in [0.29, 0.717) is 0 Å². The molecule has 0 amide bonds. The second-order valence-corrected chi connectivity index (χ2v) is 5.87. The lowest BCUT2D eigenvalue weighted by Crippen LogP contribution is -1.97. The third kappa shape index (κ3) is 3.18. The topological polar surface area (TPSA) is 9.23 Å². The van der Waals surface area contributed by atoms with Crippen LogP contribution in [0, 0.1) is 0 Å². The van der Waals surface area contributed by atoms with Crippen molar-refractivity contribution in [3.8, 4) is 0 Å². The third-order valence-electron chi connectivity index (χ3n) is 1.21. The normalized spacial score (nSPS) is 10.9. The van der Waals surface area contributed by atoms with Gasteiger partial charge in [-0.15, -0.1) is 0 Å². The van der Waals surface area contributed by atoms with Gasteiger partial charge in [-0.2, -0.15) is 0 Å². The van der Waals surface area contributed by atoms with Gasteiger partial charge in [0.05, 0.1) is 0 Å². The van der Waals surface area contributed by atoms with Gasteiger partial charge in [0, 0.05) is 0 Å². The van der Waals surface area contributed by atoms with Crippen LogP contribution in [0.15, 0.2) is 10.8 Å². The second kappa shape index (κ2) is 4.06. The summed E-state index contributed by atoms with van der Waals surface area (Å²) in [5.41, 5.74) is 1.44. The van der Waals surface area contributed by atoms with E-state index in [4.69, 9.17) is 4.12 Å². The molecule has 3 heteroatoms. The molecule has 0 aliphatic heterocycles. The molecule has 0 atom stereocenters. The molecule has 1 nitrogen and oxygen atoms in total. The van der Waals surface area contributed by atoms with Gasteiger partial charge in [0.25, 0.3) is 0 Å². The van der Waals surface area contributed by atoms with E-state index in [9.17, 15) is 0 Å². The first-order chi connectivity index (χ1) is 3.68. The molecular formula is C5H14OSi2. The van der Waals surface area contributed by atoms with Crippen LogP contribution in [0.2, 0.25) is 0 Å². The number of hydrogen-bond donors (Lipinski definition) is 0. The summed E-state index contributed by atoms with van der Waals surface area (Å²) < 4.78 is 5.18. The highest BCUT2D eigenvalue weighted by molar-refractivity contribution is 6.42. The van der Waals surface area contributed by atoms with Crippen LogP contribution in [0.3, 0.4) is 0 Å². The molecule has 0 fully saturated rings. The van der Waals surface area contributed by atoms with Crippen LogP contribution in [-0.2, 0) is 4.12 Å². The summed E-state index contributed by atoms with van der Waals surface area (Å²) in [6.07, 6.45) is 0. The minimum absolute atomic E-state index is 0.260. The Labute approximate surface area is 56.6 Å². The molecule has 8 heavy (non-hydrogen) atoms. The Bertz CT molecular complexity index is 94.6. The molecule has 0 unspecified atom stereocenters. The number of allylic oxidation sites excluding steroid dienone is 2. The van der Waals surface area contributed by atoms with Crippen LogP contribution < -0.4 is 0 Å². The summed E-state index contributed by atoms with van der Waals surface area (Å²) in [6.45, 7) is 6.45. The maximum atomic E-state index is 5.18. The van der Waals surface area contributed by atoms with Crippen LogP contribution in [0.1, 0.15) is 20.8 Å². The van der Waals surface area contributed by atoms with Gasteiger partial charge in [0.1, 0.15) is 10.5 Å². The molecule has 0 aromatic rings. The van der Waals surface area contributed by atoms with E-state index in [0.717, 1.165) is 10.5 Å². The van der Waals surface area contributed by atoms with E-state index >= 15 is 0 Å². The lowest BCUT2D eigenvalue weighted by molar-refractivity contribution is 0.670. The average molecular weight is 146 g/mol. The van der Waals surface area contributed by atoms with Crippen LogP contribution in [0.5, 0.6) is 0 Å². The second-order valence-electron chi connectivity index (χ2n) is 2.21. The van der Waals surface area contributed by atoms with Gasteiger partial charge in [-0.1, -0.05) is 10.8 Å². The fourth-order valence-electron chi connectivity index (χ4n) is 0.361. The summed E-state index contributed by atoms with van der Waals surface area (Å²) in [4.78, 5) is 0. The maximum Gasteiger partial charge on any atom is 0.173 e. The lowest BCUT2D eigenvalue weighted by atomic mass is 10.3. The fraction of sp³-hybridized carbons (Fsp3) is 0.600. The van der Waals surface area contributed by atoms with Crippen LogP contribution in [0.4, 0.5) is 0 Å². The minimum atomic E-state index is -0.260. The van der Waals surface area contributed by atoms with E-state index < -0.39 is 0 Å². The summed E-state index contributed by atoms with van der Waals surface area (Å²) in [5.74, 6) is 0. The highest BCUT2D eigenvalue weighted by Gasteiger charge is 1.88. The van der Waals surface area contributed by atoms with Crippen molar-refractivity contribution in [2.75, 3.05) is 0 Å². The van der Waals surface area contributed by atoms with Crippen molar-refractivity contribution in [1.82, 2.24) is 0 Å². The van der Waals surface area contributed by atoms with Crippen LogP contribution in [0.25, 0.3) is 0 Å². The monoisotopic (exact) mass is 146 g/mol. The Balaban J connectivity index is 3.62. The Morgan fingerprint density at radius 2 is 1.88 bits per heavy atom. The molecule has 0 aromatic carbocycles. The Morgan fingerprint density at radius 3 is 2.00 bits per heavy atom. The van der Waals surface area contributed by atoms with Gasteiger partial charge in [0.2, 0.25) is 0 Å². The molecule has 0 rings (SSSR count). The van der Waals surface area contributed by atoms with Crippen molar-refractivity contribution in [3.05, 3.63) is 10.8 Å². The molecular weight excluding hydrogens is 132 g/mol. The molecule has 0 radical (unpaired) electrons. The zero-order chi connectivity index (χ0) is 6.57. The zero-order valence-electron chi connectivity index (χ0n) is 6.12. The van der Waals surface area contributed by atoms with Crippen molar-refractivity contribution < 1.29 is 4.12 Å². The quantitative estimate of drug-likeness (QED) is 0.485. The van der Waals surface area contributed by atoms with Crippen LogP contribution in [-0.4, -0.2) is 20.2 Å². The van der Waals surface area contributed by atoms with Gasteiger partial charge in [-0.05, 0) is 20.8 Å². The molecule has 0 spiro atoms. The Hall–Kier alpha value is 0.134. The lowest BCUT2D eigenvalue weighted by Gasteiger charge is -1.98. The van der Waals surface area contributed by atoms with Crippen molar-refractivity contribution >= 4 is 20.2 Å². The average Bonchev–Trinajstić information content (AvgIpc) is 1.67. The highest BCUT2D eigenvalue weighted by atomic mass is 28.3. The molecule has 0 aliphatic carbocycles. The minimum Gasteiger partial charge on any atom is -0.465 e. The van der Waals surface area contributed by atoms with Crippen LogP contribution >= 0.6 is 0 Å². The molecule has 0 saturated carbocycles. The molecule has 0 aromatic heterocycles. The van der Waals surface area contributed by atoms with Gasteiger partial charge in [0.15, 0.2) is 9.76 Å². The third-order valence-corrected chi connectivity index (χ3v) is 3.51. The standard InChI is InChI=1S/C5H14OSi2/c1-4(2)5(3)8-6-7/h8H2,1-3,7H3. The highest BCUT2D eigenvalue weighted by Crippen LogP contribution is 1.98. The van der Waals surface area contributed by atoms with E-state index in [1.54, 1.807) is 0 Å². The Morgan fingerprint density at radius 1 is 1.38 bits per heavy atom. The predicted molar refractivity (Wildman–Crippen MR) is 43.6 cm³/mol. The maximum absolute atomic E-state index is 5.18. The summed E-state index contributed by atoms with van der Waals surface area (Å²) >= 11 is 0. The zero-order valence-corrected chi connectivity index (χ0v) is 9.53. The molecule has 0 bridgehead atoms. The van der Waals surface area contributed by atoms with E-state index in [1.807, 2.05) is 0 Å². The van der Waals surface area contributed by atoms with Gasteiger partial charge < -0.3 is 4.12 Å². The SMILES string of the molecule is CC(C)=C(C)[SiH2]O[SiH3]. The van der Waals surface area contributed by atoms with Crippen molar-refractivity contribution in [2.45, 2.75) is 20.8 Å². The molecule has 0 aliphatic rings. The number of hydrogen-bond acceptors (Lipinski definition) is 1. The summed E-state index contributed by atoms with van der Waals surface area (Å²) in [7, 11) is 0.650. The largest absolute Gasteiger partial charge is 0.465 e. The Kier molecular flexibility index (Phi) is 4.12. The van der Waals surface area contributed by atoms with Gasteiger partial charge in [-0.25, -0.2) is 0 Å². The van der Waals surface area contributed by atoms with Crippen molar-refractivity contribution in [2.24, 2.45) is 0 Å². The van der Waals surface area contributed by atoms with Crippen molar-refractivity contribution in [1.29, 1.82) is 0 Å². The van der Waals surface area contributed by atoms with E-state index in [1.165, 1.54) is 10.8 Å². The summed E-state index contributed by atoms with van der Waals surface area (Å²) in [5, 5.41) is 1.50. The molecule has 48 valence electrons. The fourth-order valence-corrected chi connectivity index (χ4v) is 2.38. The number of rotatable bonds is 2. The summed E-state index contributed by atoms with van der Waals surface area (Å²) in [6, 6.07) is 0. The molecule has 0 heterocycles. The first kappa shape index (κ1) is 8.13. The molecule has 0 N–H and O–H groups in total. The van der Waals surface area contributed by atoms with Crippen molar-refractivity contribution in [3.63, 3.8) is 0 Å². The van der Waals surface area contributed by atoms with E-state index in [-0.39, 0.29) is 9.76 Å². The molecule has 0 saturated heterocycles. The predicted octanol–water partition coefficient (Wildman–Crippen LogP) is -0.319. The first-order valence-electron chi connectivity index (χ1n) is 2.80.